The number of nitrogens with zero attached hydrogens (tertiary/aromatic N) is 2. The van der Waals surface area contributed by atoms with Gasteiger partial charge in [-0.2, -0.15) is 13.2 Å². The van der Waals surface area contributed by atoms with Crippen molar-refractivity contribution in [3.05, 3.63) is 24.0 Å². The molecule has 1 aliphatic rings. The van der Waals surface area contributed by atoms with Crippen molar-refractivity contribution < 1.29 is 17.6 Å². The van der Waals surface area contributed by atoms with Gasteiger partial charge < -0.3 is 4.90 Å². The predicted molar refractivity (Wildman–Crippen MR) is 70.6 cm³/mol. The van der Waals surface area contributed by atoms with Crippen LogP contribution in [-0.2, 0) is 0 Å². The molecule has 1 aromatic carbocycles. The van der Waals surface area contributed by atoms with Gasteiger partial charge in [0, 0.05) is 13.1 Å². The third-order valence-corrected chi connectivity index (χ3v) is 4.67. The Morgan fingerprint density at radius 1 is 1.20 bits per heavy atom. The first kappa shape index (κ1) is 13.6. The van der Waals surface area contributed by atoms with Gasteiger partial charge in [-0.3, -0.25) is 0 Å². The van der Waals surface area contributed by atoms with E-state index in [1.165, 1.54) is 17.4 Å². The Balaban J connectivity index is 1.78. The van der Waals surface area contributed by atoms with Crippen LogP contribution in [0.2, 0.25) is 0 Å². The Labute approximate surface area is 117 Å². The van der Waals surface area contributed by atoms with Crippen molar-refractivity contribution in [3.8, 4) is 0 Å². The number of hydrogen-bond donors (Lipinski definition) is 0. The van der Waals surface area contributed by atoms with E-state index in [0.717, 1.165) is 4.70 Å². The van der Waals surface area contributed by atoms with Gasteiger partial charge in [0.2, 0.25) is 0 Å². The normalized spacial score (nSPS) is 17.9. The van der Waals surface area contributed by atoms with E-state index >= 15 is 0 Å². The fourth-order valence-electron chi connectivity index (χ4n) is 2.44. The van der Waals surface area contributed by atoms with Crippen LogP contribution in [0.3, 0.4) is 0 Å². The highest BCUT2D eigenvalue weighted by molar-refractivity contribution is 7.22. The van der Waals surface area contributed by atoms with Crippen molar-refractivity contribution in [1.82, 2.24) is 4.98 Å². The van der Waals surface area contributed by atoms with Crippen LogP contribution < -0.4 is 4.90 Å². The predicted octanol–water partition coefficient (Wildman–Crippen LogP) is 4.21. The second-order valence-corrected chi connectivity index (χ2v) is 5.90. The van der Waals surface area contributed by atoms with Gasteiger partial charge in [-0.1, -0.05) is 17.4 Å². The molecule has 1 saturated heterocycles. The largest absolute Gasteiger partial charge is 0.391 e. The number of para-hydroxylation sites is 1. The third-order valence-electron chi connectivity index (χ3n) is 3.59. The van der Waals surface area contributed by atoms with Gasteiger partial charge in [0.1, 0.15) is 11.3 Å². The van der Waals surface area contributed by atoms with Crippen LogP contribution in [0.25, 0.3) is 10.2 Å². The number of benzene rings is 1. The Bertz CT molecular complexity index is 614. The van der Waals surface area contributed by atoms with E-state index < -0.39 is 17.9 Å². The minimum Gasteiger partial charge on any atom is -0.348 e. The zero-order chi connectivity index (χ0) is 14.3. The Morgan fingerprint density at radius 3 is 2.50 bits per heavy atom. The van der Waals surface area contributed by atoms with Crippen LogP contribution in [0.15, 0.2) is 18.2 Å². The second kappa shape index (κ2) is 4.87. The van der Waals surface area contributed by atoms with Crippen molar-refractivity contribution in [2.24, 2.45) is 5.92 Å². The molecule has 2 heterocycles. The van der Waals surface area contributed by atoms with Gasteiger partial charge in [0.25, 0.3) is 0 Å². The lowest BCUT2D eigenvalue weighted by Gasteiger charge is -2.32. The van der Waals surface area contributed by atoms with Gasteiger partial charge in [-0.15, -0.1) is 0 Å². The first-order valence-corrected chi connectivity index (χ1v) is 7.13. The molecular weight excluding hydrogens is 292 g/mol. The summed E-state index contributed by atoms with van der Waals surface area (Å²) in [7, 11) is 0. The molecule has 0 unspecified atom stereocenters. The maximum absolute atomic E-state index is 13.6. The van der Waals surface area contributed by atoms with Crippen molar-refractivity contribution >= 4 is 26.7 Å². The average Bonchev–Trinajstić information content (AvgIpc) is 2.83. The zero-order valence-electron chi connectivity index (χ0n) is 10.5. The second-order valence-electron chi connectivity index (χ2n) is 4.89. The number of thiazole rings is 1. The molecule has 0 radical (unpaired) electrons. The zero-order valence-corrected chi connectivity index (χ0v) is 11.3. The van der Waals surface area contributed by atoms with Crippen LogP contribution in [0.5, 0.6) is 0 Å². The fourth-order valence-corrected chi connectivity index (χ4v) is 3.47. The van der Waals surface area contributed by atoms with Gasteiger partial charge in [-0.05, 0) is 25.0 Å². The minimum atomic E-state index is -4.12. The van der Waals surface area contributed by atoms with Crippen LogP contribution >= 0.6 is 11.3 Å². The molecule has 0 spiro atoms. The number of alkyl halides is 3. The standard InChI is InChI=1S/C13H12F4N2S/c14-9-2-1-3-10-11(9)18-12(20-10)19-6-4-8(5-7-19)13(15,16)17/h1-3,8H,4-7H2. The highest BCUT2D eigenvalue weighted by Crippen LogP contribution is 2.37. The Hall–Kier alpha value is -1.37. The SMILES string of the molecule is Fc1cccc2sc(N3CCC(C(F)(F)F)CC3)nc12. The Kier molecular flexibility index (Phi) is 3.32. The fraction of sp³-hybridized carbons (Fsp3) is 0.462. The van der Waals surface area contributed by atoms with Crippen molar-refractivity contribution in [2.75, 3.05) is 18.0 Å². The van der Waals surface area contributed by atoms with Crippen LogP contribution in [-0.4, -0.2) is 24.2 Å². The number of halogens is 4. The van der Waals surface area contributed by atoms with E-state index in [0.29, 0.717) is 23.7 Å². The molecule has 3 rings (SSSR count). The van der Waals surface area contributed by atoms with E-state index in [1.807, 2.05) is 4.90 Å². The molecule has 1 aromatic heterocycles. The van der Waals surface area contributed by atoms with E-state index in [1.54, 1.807) is 12.1 Å². The summed E-state index contributed by atoms with van der Waals surface area (Å²) in [5, 5.41) is 0.603. The maximum atomic E-state index is 13.6. The van der Waals surface area contributed by atoms with Crippen molar-refractivity contribution in [1.29, 1.82) is 0 Å². The number of fused-ring (bicyclic) bond motifs is 1. The Morgan fingerprint density at radius 2 is 1.90 bits per heavy atom. The highest BCUT2D eigenvalue weighted by atomic mass is 32.1. The monoisotopic (exact) mass is 304 g/mol. The first-order chi connectivity index (χ1) is 9.45. The molecule has 7 heteroatoms. The lowest BCUT2D eigenvalue weighted by Crippen LogP contribution is -2.38. The third kappa shape index (κ3) is 2.46. The highest BCUT2D eigenvalue weighted by Gasteiger charge is 2.41. The molecule has 1 fully saturated rings. The molecular formula is C13H12F4N2S. The van der Waals surface area contributed by atoms with E-state index in [-0.39, 0.29) is 12.8 Å². The van der Waals surface area contributed by atoms with Crippen LogP contribution in [0.4, 0.5) is 22.7 Å². The lowest BCUT2D eigenvalue weighted by atomic mass is 9.97. The number of hydrogen-bond acceptors (Lipinski definition) is 3. The van der Waals surface area contributed by atoms with Crippen LogP contribution in [0, 0.1) is 11.7 Å². The van der Waals surface area contributed by atoms with Gasteiger partial charge in [0.05, 0.1) is 10.6 Å². The quantitative estimate of drug-likeness (QED) is 0.734. The number of anilines is 1. The number of aromatic nitrogens is 1. The molecule has 0 aliphatic carbocycles. The van der Waals surface area contributed by atoms with Crippen molar-refractivity contribution in [2.45, 2.75) is 19.0 Å². The lowest BCUT2D eigenvalue weighted by molar-refractivity contribution is -0.179. The van der Waals surface area contributed by atoms with Gasteiger partial charge in [0.15, 0.2) is 5.13 Å². The van der Waals surface area contributed by atoms with E-state index in [9.17, 15) is 17.6 Å². The molecule has 0 saturated carbocycles. The summed E-state index contributed by atoms with van der Waals surface area (Å²) >= 11 is 1.32. The summed E-state index contributed by atoms with van der Waals surface area (Å²) in [5.41, 5.74) is 0.297. The summed E-state index contributed by atoms with van der Waals surface area (Å²) < 4.78 is 52.1. The molecule has 2 nitrogen and oxygen atoms in total. The summed E-state index contributed by atoms with van der Waals surface area (Å²) in [6.07, 6.45) is -3.98. The van der Waals surface area contributed by atoms with Gasteiger partial charge >= 0.3 is 6.18 Å². The molecule has 1 aliphatic heterocycles. The summed E-state index contributed by atoms with van der Waals surface area (Å²) in [5.74, 6) is -1.62. The minimum absolute atomic E-state index is 0.0713. The molecule has 20 heavy (non-hydrogen) atoms. The smallest absolute Gasteiger partial charge is 0.348 e. The number of piperidine rings is 1. The summed E-state index contributed by atoms with van der Waals surface area (Å²) in [6, 6.07) is 4.71. The molecule has 0 N–H and O–H groups in total. The topological polar surface area (TPSA) is 16.1 Å². The summed E-state index contributed by atoms with van der Waals surface area (Å²) in [4.78, 5) is 6.02. The van der Waals surface area contributed by atoms with E-state index in [4.69, 9.17) is 0 Å². The van der Waals surface area contributed by atoms with Crippen molar-refractivity contribution in [3.63, 3.8) is 0 Å². The molecule has 0 bridgehead atoms. The number of rotatable bonds is 1. The molecule has 0 amide bonds. The molecule has 0 atom stereocenters. The maximum Gasteiger partial charge on any atom is 0.391 e. The van der Waals surface area contributed by atoms with Crippen LogP contribution in [0.1, 0.15) is 12.8 Å². The molecule has 2 aromatic rings. The van der Waals surface area contributed by atoms with E-state index in [2.05, 4.69) is 4.98 Å². The van der Waals surface area contributed by atoms with Gasteiger partial charge in [-0.25, -0.2) is 9.37 Å². The average molecular weight is 304 g/mol. The summed E-state index contributed by atoms with van der Waals surface area (Å²) in [6.45, 7) is 0.622. The first-order valence-electron chi connectivity index (χ1n) is 6.32. The molecule has 108 valence electrons.